The summed E-state index contributed by atoms with van der Waals surface area (Å²) in [5.74, 6) is 0.0236. The van der Waals surface area contributed by atoms with Crippen molar-refractivity contribution >= 4 is 17.9 Å². The number of rotatable bonds is 8. The van der Waals surface area contributed by atoms with Gasteiger partial charge in [0.05, 0.1) is 5.92 Å². The van der Waals surface area contributed by atoms with Crippen LogP contribution in [0.25, 0.3) is 11.1 Å². The third-order valence-electron chi connectivity index (χ3n) is 10.0. The van der Waals surface area contributed by atoms with E-state index in [-0.39, 0.29) is 34.5 Å². The molecule has 0 spiro atoms. The first-order valence-electron chi connectivity index (χ1n) is 19.3. The van der Waals surface area contributed by atoms with Crippen molar-refractivity contribution in [3.05, 3.63) is 107 Å². The van der Waals surface area contributed by atoms with Crippen molar-refractivity contribution in [2.75, 3.05) is 0 Å². The van der Waals surface area contributed by atoms with E-state index < -0.39 is 34.2 Å². The van der Waals surface area contributed by atoms with Crippen LogP contribution in [0.4, 0.5) is 0 Å². The van der Waals surface area contributed by atoms with Gasteiger partial charge in [0, 0.05) is 11.8 Å². The van der Waals surface area contributed by atoms with E-state index in [1.165, 1.54) is 0 Å². The molecule has 2 atom stereocenters. The van der Waals surface area contributed by atoms with Gasteiger partial charge in [-0.3, -0.25) is 4.79 Å². The molecule has 8 heteroatoms. The molecule has 8 nitrogen and oxygen atoms in total. The molecule has 3 aliphatic heterocycles. The number of hydrogen-bond donors (Lipinski definition) is 0. The summed E-state index contributed by atoms with van der Waals surface area (Å²) < 4.78 is 31.0. The molecule has 0 amide bonds. The van der Waals surface area contributed by atoms with E-state index in [2.05, 4.69) is 20.8 Å². The van der Waals surface area contributed by atoms with E-state index in [0.717, 1.165) is 35.1 Å². The SMILES string of the molecule is CCCC1(C)CC(C)(C)OC(=O)c2cc(C(C)(C)c3ccc(OC(=O)C(C)CC)cc3)ccc2Oc2ccc(cc2C(=O)OC(C)(C)C)-c2ccc(cc2)O1. The third-order valence-corrected chi connectivity index (χ3v) is 10.0. The van der Waals surface area contributed by atoms with Gasteiger partial charge in [0.15, 0.2) is 0 Å². The molecule has 0 fully saturated rings. The summed E-state index contributed by atoms with van der Waals surface area (Å²) >= 11 is 0. The van der Waals surface area contributed by atoms with Gasteiger partial charge < -0.3 is 23.7 Å². The summed E-state index contributed by atoms with van der Waals surface area (Å²) in [5, 5.41) is 0. The topological polar surface area (TPSA) is 97.4 Å². The van der Waals surface area contributed by atoms with Crippen molar-refractivity contribution in [3.8, 4) is 34.1 Å². The van der Waals surface area contributed by atoms with Crippen LogP contribution in [0.5, 0.6) is 23.0 Å². The van der Waals surface area contributed by atoms with Gasteiger partial charge in [0.2, 0.25) is 0 Å². The summed E-state index contributed by atoms with van der Waals surface area (Å²) in [5.41, 5.74) is 0.919. The average molecular weight is 749 g/mol. The molecule has 292 valence electrons. The van der Waals surface area contributed by atoms with Gasteiger partial charge in [-0.25, -0.2) is 9.59 Å². The Morgan fingerprint density at radius 1 is 0.782 bits per heavy atom. The monoisotopic (exact) mass is 748 g/mol. The molecule has 7 rings (SSSR count). The lowest BCUT2D eigenvalue weighted by molar-refractivity contribution is -0.138. The van der Waals surface area contributed by atoms with Crippen molar-refractivity contribution in [2.45, 2.75) is 124 Å². The Hall–Kier alpha value is -5.11. The molecule has 3 heterocycles. The highest BCUT2D eigenvalue weighted by molar-refractivity contribution is 5.96. The van der Waals surface area contributed by atoms with E-state index in [9.17, 15) is 14.4 Å². The highest BCUT2D eigenvalue weighted by Crippen LogP contribution is 2.40. The van der Waals surface area contributed by atoms with E-state index in [1.807, 2.05) is 104 Å². The van der Waals surface area contributed by atoms with Gasteiger partial charge in [0.25, 0.3) is 0 Å². The Bertz CT molecular complexity index is 2020. The van der Waals surface area contributed by atoms with E-state index >= 15 is 0 Å². The zero-order valence-corrected chi connectivity index (χ0v) is 34.3. The zero-order chi connectivity index (χ0) is 40.3. The van der Waals surface area contributed by atoms with Crippen molar-refractivity contribution < 1.29 is 38.1 Å². The molecular formula is C47H56O8. The second-order valence-corrected chi connectivity index (χ2v) is 17.1. The first-order valence-corrected chi connectivity index (χ1v) is 19.3. The molecule has 0 radical (unpaired) electrons. The first-order chi connectivity index (χ1) is 25.7. The van der Waals surface area contributed by atoms with E-state index in [4.69, 9.17) is 23.7 Å². The number of fused-ring (bicyclic) bond motifs is 2. The Kier molecular flexibility index (Phi) is 11.9. The van der Waals surface area contributed by atoms with E-state index in [0.29, 0.717) is 24.3 Å². The lowest BCUT2D eigenvalue weighted by Crippen LogP contribution is -2.42. The molecule has 55 heavy (non-hydrogen) atoms. The number of carbonyl (C=O) groups excluding carboxylic acids is 3. The minimum atomic E-state index is -0.941. The fourth-order valence-electron chi connectivity index (χ4n) is 7.01. The highest BCUT2D eigenvalue weighted by atomic mass is 16.6. The van der Waals surface area contributed by atoms with E-state index in [1.54, 1.807) is 36.4 Å². The maximum Gasteiger partial charge on any atom is 0.342 e. The van der Waals surface area contributed by atoms with Gasteiger partial charge >= 0.3 is 17.9 Å². The lowest BCUT2D eigenvalue weighted by Gasteiger charge is -2.37. The Labute approximate surface area is 326 Å². The molecule has 0 N–H and O–H groups in total. The van der Waals surface area contributed by atoms with Crippen molar-refractivity contribution in [2.24, 2.45) is 5.92 Å². The third kappa shape index (κ3) is 9.96. The number of hydrogen-bond acceptors (Lipinski definition) is 8. The molecule has 4 aromatic rings. The summed E-state index contributed by atoms with van der Waals surface area (Å²) in [6.45, 7) is 21.3. The minimum Gasteiger partial charge on any atom is -0.487 e. The number of carbonyl (C=O) groups is 3. The highest BCUT2D eigenvalue weighted by Gasteiger charge is 2.38. The Morgan fingerprint density at radius 3 is 2.02 bits per heavy atom. The standard InChI is InChI=1S/C47H56O8/c1-12-26-47(11)29-45(7,8)55-43(50)38-28-34(46(9,10)33-17-22-35(23-18-33)51-41(48)30(3)13-2)19-25-40(38)52-39-24-16-32(31-14-20-36(53-47)21-15-31)27-37(39)42(49)54-44(4,5)6/h14-25,27-28,30H,12-13,26,29H2,1-11H3. The maximum absolute atomic E-state index is 14.5. The average Bonchev–Trinajstić information content (AvgIpc) is 3.10. The first kappa shape index (κ1) is 41.1. The fraction of sp³-hybridized carbons (Fsp3) is 0.426. The van der Waals surface area contributed by atoms with Crippen molar-refractivity contribution in [3.63, 3.8) is 0 Å². The quantitative estimate of drug-likeness (QED) is 0.130. The molecule has 4 bridgehead atoms. The lowest BCUT2D eigenvalue weighted by atomic mass is 9.77. The number of esters is 3. The molecule has 0 saturated heterocycles. The molecule has 0 saturated carbocycles. The van der Waals surface area contributed by atoms with Crippen LogP contribution in [0.2, 0.25) is 0 Å². The predicted octanol–water partition coefficient (Wildman–Crippen LogP) is 11.7. The predicted molar refractivity (Wildman–Crippen MR) is 215 cm³/mol. The summed E-state index contributed by atoms with van der Waals surface area (Å²) in [6, 6.07) is 26.0. The van der Waals surface area contributed by atoms with Gasteiger partial charge in [-0.2, -0.15) is 0 Å². The second kappa shape index (κ2) is 15.9. The van der Waals surface area contributed by atoms with Gasteiger partial charge in [-0.15, -0.1) is 0 Å². The molecule has 3 aliphatic rings. The second-order valence-electron chi connectivity index (χ2n) is 17.1. The van der Waals surface area contributed by atoms with Crippen LogP contribution < -0.4 is 14.2 Å². The zero-order valence-electron chi connectivity index (χ0n) is 34.3. The summed E-state index contributed by atoms with van der Waals surface area (Å²) in [4.78, 5) is 40.6. The van der Waals surface area contributed by atoms with Crippen LogP contribution in [0.1, 0.15) is 134 Å². The summed E-state index contributed by atoms with van der Waals surface area (Å²) in [6.07, 6.45) is 2.73. The fourth-order valence-corrected chi connectivity index (χ4v) is 7.01. The molecule has 4 aromatic carbocycles. The molecule has 0 aliphatic carbocycles. The van der Waals surface area contributed by atoms with Gasteiger partial charge in [0.1, 0.15) is 50.9 Å². The largest absolute Gasteiger partial charge is 0.487 e. The van der Waals surface area contributed by atoms with Crippen LogP contribution >= 0.6 is 0 Å². The van der Waals surface area contributed by atoms with Crippen LogP contribution in [0.15, 0.2) is 84.9 Å². The maximum atomic E-state index is 14.5. The van der Waals surface area contributed by atoms with Crippen molar-refractivity contribution in [1.82, 2.24) is 0 Å². The van der Waals surface area contributed by atoms with Crippen LogP contribution in [-0.2, 0) is 19.7 Å². The van der Waals surface area contributed by atoms with Crippen LogP contribution in [0.3, 0.4) is 0 Å². The van der Waals surface area contributed by atoms with Crippen LogP contribution in [-0.4, -0.2) is 34.7 Å². The molecule has 2 unspecified atom stereocenters. The Balaban J connectivity index is 1.63. The van der Waals surface area contributed by atoms with Crippen molar-refractivity contribution in [1.29, 1.82) is 0 Å². The Morgan fingerprint density at radius 2 is 1.40 bits per heavy atom. The normalized spacial score (nSPS) is 17.5. The van der Waals surface area contributed by atoms with Gasteiger partial charge in [-0.1, -0.05) is 77.4 Å². The molecule has 0 aromatic heterocycles. The smallest absolute Gasteiger partial charge is 0.342 e. The molecular weight excluding hydrogens is 693 g/mol. The summed E-state index contributed by atoms with van der Waals surface area (Å²) in [7, 11) is 0. The number of benzene rings is 4. The van der Waals surface area contributed by atoms with Gasteiger partial charge in [-0.05, 0) is 125 Å². The van der Waals surface area contributed by atoms with Crippen LogP contribution in [0, 0.1) is 5.92 Å². The number of ether oxygens (including phenoxy) is 5. The minimum absolute atomic E-state index is 0.200.